The molecule has 6 unspecified atom stereocenters. The first-order valence-electron chi connectivity index (χ1n) is 8.59. The Labute approximate surface area is 132 Å². The number of carbonyl (C=O) groups is 2. The lowest BCUT2D eigenvalue weighted by Crippen LogP contribution is -2.47. The zero-order valence-corrected chi connectivity index (χ0v) is 14.0. The van der Waals surface area contributed by atoms with Gasteiger partial charge < -0.3 is 9.47 Å². The van der Waals surface area contributed by atoms with E-state index >= 15 is 0 Å². The Morgan fingerprint density at radius 3 is 2.27 bits per heavy atom. The number of hydrogen-bond acceptors (Lipinski definition) is 4. The largest absolute Gasteiger partial charge is 0.344 e. The second-order valence-electron chi connectivity index (χ2n) is 7.29. The number of carbonyl (C=O) groups excluding carboxylic acids is 2. The number of nitrogens with zero attached hydrogens (tertiary/aromatic N) is 1. The normalized spacial score (nSPS) is 45.5. The van der Waals surface area contributed by atoms with Crippen molar-refractivity contribution in [3.05, 3.63) is 0 Å². The Bertz CT molecular complexity index is 459. The smallest absolute Gasteiger partial charge is 0.233 e. The van der Waals surface area contributed by atoms with E-state index < -0.39 is 5.79 Å². The Morgan fingerprint density at radius 2 is 1.68 bits per heavy atom. The highest BCUT2D eigenvalue weighted by atomic mass is 16.8. The standard InChI is InChI=1S/C17H27NO4/c1-5-8-17(4)21-13-7-6-12(9-14(13)22-17)18-15(19)10(2)11(3)16(18)20/h10-14H,5-9H2,1-4H3. The van der Waals surface area contributed by atoms with Crippen molar-refractivity contribution in [2.24, 2.45) is 11.8 Å². The van der Waals surface area contributed by atoms with Crippen molar-refractivity contribution in [3.63, 3.8) is 0 Å². The molecule has 1 aliphatic carbocycles. The van der Waals surface area contributed by atoms with Gasteiger partial charge in [-0.05, 0) is 26.2 Å². The Balaban J connectivity index is 1.70. The molecule has 1 saturated carbocycles. The van der Waals surface area contributed by atoms with Gasteiger partial charge in [0.1, 0.15) is 0 Å². The molecule has 3 rings (SSSR count). The molecule has 0 bridgehead atoms. The van der Waals surface area contributed by atoms with E-state index in [0.29, 0.717) is 6.42 Å². The molecule has 124 valence electrons. The lowest BCUT2D eigenvalue weighted by molar-refractivity contribution is -0.165. The highest BCUT2D eigenvalue weighted by Crippen LogP contribution is 2.41. The van der Waals surface area contributed by atoms with E-state index in [1.165, 1.54) is 4.90 Å². The minimum atomic E-state index is -0.501. The maximum Gasteiger partial charge on any atom is 0.233 e. The number of ether oxygens (including phenoxy) is 2. The van der Waals surface area contributed by atoms with Crippen LogP contribution in [0.5, 0.6) is 0 Å². The minimum Gasteiger partial charge on any atom is -0.344 e. The van der Waals surface area contributed by atoms with Gasteiger partial charge in [0.05, 0.1) is 12.2 Å². The first-order valence-corrected chi connectivity index (χ1v) is 8.59. The van der Waals surface area contributed by atoms with Crippen LogP contribution in [0.15, 0.2) is 0 Å². The maximum atomic E-state index is 12.4. The van der Waals surface area contributed by atoms with Gasteiger partial charge in [0, 0.05) is 24.3 Å². The van der Waals surface area contributed by atoms with Crippen LogP contribution in [0.3, 0.4) is 0 Å². The maximum absolute atomic E-state index is 12.4. The van der Waals surface area contributed by atoms with Crippen LogP contribution in [0.4, 0.5) is 0 Å². The summed E-state index contributed by atoms with van der Waals surface area (Å²) in [5.41, 5.74) is 0. The molecule has 5 nitrogen and oxygen atoms in total. The van der Waals surface area contributed by atoms with Crippen molar-refractivity contribution < 1.29 is 19.1 Å². The van der Waals surface area contributed by atoms with Gasteiger partial charge in [-0.25, -0.2) is 0 Å². The van der Waals surface area contributed by atoms with E-state index in [-0.39, 0.29) is 41.9 Å². The fourth-order valence-electron chi connectivity index (χ4n) is 4.15. The molecule has 6 atom stereocenters. The summed E-state index contributed by atoms with van der Waals surface area (Å²) < 4.78 is 12.2. The summed E-state index contributed by atoms with van der Waals surface area (Å²) in [5, 5.41) is 0. The van der Waals surface area contributed by atoms with Crippen molar-refractivity contribution in [2.45, 2.75) is 83.8 Å². The van der Waals surface area contributed by atoms with Crippen LogP contribution >= 0.6 is 0 Å². The predicted octanol–water partition coefficient (Wildman–Crippen LogP) is 2.48. The summed E-state index contributed by atoms with van der Waals surface area (Å²) in [6.07, 6.45) is 4.38. The first-order chi connectivity index (χ1) is 10.4. The molecule has 0 aromatic heterocycles. The van der Waals surface area contributed by atoms with E-state index in [1.54, 1.807) is 0 Å². The van der Waals surface area contributed by atoms with Crippen molar-refractivity contribution in [3.8, 4) is 0 Å². The van der Waals surface area contributed by atoms with Gasteiger partial charge in [0.2, 0.25) is 11.8 Å². The molecule has 0 N–H and O–H groups in total. The Morgan fingerprint density at radius 1 is 1.09 bits per heavy atom. The SMILES string of the molecule is CCCC1(C)OC2CCC(N3C(=O)C(C)C(C)C3=O)CC2O1. The predicted molar refractivity (Wildman–Crippen MR) is 80.9 cm³/mol. The van der Waals surface area contributed by atoms with Gasteiger partial charge in [-0.3, -0.25) is 14.5 Å². The van der Waals surface area contributed by atoms with Crippen molar-refractivity contribution >= 4 is 11.8 Å². The molecule has 2 heterocycles. The molecule has 22 heavy (non-hydrogen) atoms. The van der Waals surface area contributed by atoms with Crippen LogP contribution in [0, 0.1) is 11.8 Å². The second kappa shape index (κ2) is 5.60. The molecule has 3 fully saturated rings. The molecule has 3 aliphatic rings. The summed E-state index contributed by atoms with van der Waals surface area (Å²) in [6, 6.07) is -0.0266. The summed E-state index contributed by atoms with van der Waals surface area (Å²) in [4.78, 5) is 26.3. The third-order valence-corrected chi connectivity index (χ3v) is 5.58. The third-order valence-electron chi connectivity index (χ3n) is 5.58. The average Bonchev–Trinajstić information content (AvgIpc) is 2.89. The number of imide groups is 1. The van der Waals surface area contributed by atoms with Crippen molar-refractivity contribution in [1.29, 1.82) is 0 Å². The fraction of sp³-hybridized carbons (Fsp3) is 0.882. The molecule has 5 heteroatoms. The minimum absolute atomic E-state index is 0.00196. The highest BCUT2D eigenvalue weighted by Gasteiger charge is 2.51. The van der Waals surface area contributed by atoms with Crippen LogP contribution in [-0.2, 0) is 19.1 Å². The third kappa shape index (κ3) is 2.48. The van der Waals surface area contributed by atoms with Gasteiger partial charge in [0.25, 0.3) is 0 Å². The zero-order chi connectivity index (χ0) is 16.1. The lowest BCUT2D eigenvalue weighted by atomic mass is 9.89. The molecule has 2 amide bonds. The summed E-state index contributed by atoms with van der Waals surface area (Å²) in [7, 11) is 0. The zero-order valence-electron chi connectivity index (χ0n) is 14.0. The molecule has 0 radical (unpaired) electrons. The lowest BCUT2D eigenvalue weighted by Gasteiger charge is -2.34. The average molecular weight is 309 g/mol. The molecule has 0 aromatic rings. The van der Waals surface area contributed by atoms with Crippen LogP contribution in [0.25, 0.3) is 0 Å². The van der Waals surface area contributed by atoms with Gasteiger partial charge >= 0.3 is 0 Å². The monoisotopic (exact) mass is 309 g/mol. The number of rotatable bonds is 3. The van der Waals surface area contributed by atoms with Gasteiger partial charge in [-0.2, -0.15) is 0 Å². The molecule has 0 spiro atoms. The van der Waals surface area contributed by atoms with E-state index in [4.69, 9.17) is 9.47 Å². The van der Waals surface area contributed by atoms with E-state index in [1.807, 2.05) is 20.8 Å². The summed E-state index contributed by atoms with van der Waals surface area (Å²) >= 11 is 0. The van der Waals surface area contributed by atoms with Crippen LogP contribution in [-0.4, -0.2) is 40.8 Å². The fourth-order valence-corrected chi connectivity index (χ4v) is 4.15. The van der Waals surface area contributed by atoms with Crippen molar-refractivity contribution in [1.82, 2.24) is 4.90 Å². The van der Waals surface area contributed by atoms with Crippen LogP contribution < -0.4 is 0 Å². The Hall–Kier alpha value is -0.940. The topological polar surface area (TPSA) is 55.8 Å². The molecular formula is C17H27NO4. The first kappa shape index (κ1) is 15.9. The molecular weight excluding hydrogens is 282 g/mol. The molecule has 2 saturated heterocycles. The Kier molecular flexibility index (Phi) is 4.06. The number of hydrogen-bond donors (Lipinski definition) is 0. The molecule has 2 aliphatic heterocycles. The van der Waals surface area contributed by atoms with Crippen molar-refractivity contribution in [2.75, 3.05) is 0 Å². The number of amides is 2. The van der Waals surface area contributed by atoms with Crippen LogP contribution in [0.2, 0.25) is 0 Å². The van der Waals surface area contributed by atoms with Gasteiger partial charge in [-0.1, -0.05) is 27.2 Å². The molecule has 0 aromatic carbocycles. The number of likely N-dealkylation sites (tertiary alicyclic amines) is 1. The van der Waals surface area contributed by atoms with Crippen LogP contribution in [0.1, 0.15) is 59.8 Å². The summed E-state index contributed by atoms with van der Waals surface area (Å²) in [6.45, 7) is 7.82. The van der Waals surface area contributed by atoms with E-state index in [2.05, 4.69) is 6.92 Å². The van der Waals surface area contributed by atoms with E-state index in [0.717, 1.165) is 25.7 Å². The van der Waals surface area contributed by atoms with Gasteiger partial charge in [0.15, 0.2) is 5.79 Å². The second-order valence-corrected chi connectivity index (χ2v) is 7.29. The summed E-state index contributed by atoms with van der Waals surface area (Å²) in [5.74, 6) is -0.932. The van der Waals surface area contributed by atoms with Gasteiger partial charge in [-0.15, -0.1) is 0 Å². The quantitative estimate of drug-likeness (QED) is 0.752. The number of fused-ring (bicyclic) bond motifs is 1. The highest BCUT2D eigenvalue weighted by molar-refractivity contribution is 6.05. The van der Waals surface area contributed by atoms with E-state index in [9.17, 15) is 9.59 Å².